The first-order valence-corrected chi connectivity index (χ1v) is 12.0. The van der Waals surface area contributed by atoms with E-state index in [4.69, 9.17) is 4.98 Å². The van der Waals surface area contributed by atoms with E-state index in [0.717, 1.165) is 35.7 Å². The standard InChI is InChI=1S/C22H28N6O2S/c1-4-28-14-20(15(2)26-28)31(29,30)27-19(16-8-6-5-7-9-16)12-18-13-21(23-3)25-22(24-18)17-10-11-17/h5-9,13-14,17,19,27H,4,10-12H2,1-3H3,(H,23,24,25). The van der Waals surface area contributed by atoms with Gasteiger partial charge in [0.1, 0.15) is 16.5 Å². The summed E-state index contributed by atoms with van der Waals surface area (Å²) in [6.45, 7) is 4.24. The molecule has 1 fully saturated rings. The van der Waals surface area contributed by atoms with E-state index >= 15 is 0 Å². The summed E-state index contributed by atoms with van der Waals surface area (Å²) in [5.41, 5.74) is 2.17. The molecule has 1 saturated carbocycles. The Kier molecular flexibility index (Phi) is 6.06. The summed E-state index contributed by atoms with van der Waals surface area (Å²) < 4.78 is 31.0. The van der Waals surface area contributed by atoms with E-state index in [-0.39, 0.29) is 4.90 Å². The zero-order valence-corrected chi connectivity index (χ0v) is 18.9. The molecule has 164 valence electrons. The minimum absolute atomic E-state index is 0.201. The summed E-state index contributed by atoms with van der Waals surface area (Å²) in [6, 6.07) is 11.0. The normalized spacial score (nSPS) is 15.1. The number of nitrogens with one attached hydrogen (secondary N) is 2. The number of hydrogen-bond donors (Lipinski definition) is 2. The second-order valence-corrected chi connectivity index (χ2v) is 9.53. The lowest BCUT2D eigenvalue weighted by molar-refractivity contribution is 0.551. The highest BCUT2D eigenvalue weighted by Gasteiger charge is 2.29. The van der Waals surface area contributed by atoms with Crippen molar-refractivity contribution in [3.63, 3.8) is 0 Å². The third kappa shape index (κ3) is 4.94. The fourth-order valence-electron chi connectivity index (χ4n) is 3.57. The third-order valence-electron chi connectivity index (χ3n) is 5.42. The quantitative estimate of drug-likeness (QED) is 0.530. The molecule has 0 radical (unpaired) electrons. The molecular formula is C22H28N6O2S. The second-order valence-electron chi connectivity index (χ2n) is 7.85. The van der Waals surface area contributed by atoms with Crippen LogP contribution in [-0.2, 0) is 23.0 Å². The van der Waals surface area contributed by atoms with Crippen molar-refractivity contribution in [1.82, 2.24) is 24.5 Å². The molecular weight excluding hydrogens is 412 g/mol. The van der Waals surface area contributed by atoms with E-state index in [9.17, 15) is 8.42 Å². The van der Waals surface area contributed by atoms with Crippen LogP contribution < -0.4 is 10.0 Å². The number of nitrogens with zero attached hydrogens (tertiary/aromatic N) is 4. The molecule has 0 amide bonds. The van der Waals surface area contributed by atoms with Crippen molar-refractivity contribution in [3.05, 3.63) is 65.4 Å². The summed E-state index contributed by atoms with van der Waals surface area (Å²) >= 11 is 0. The van der Waals surface area contributed by atoms with Gasteiger partial charge in [-0.05, 0) is 32.3 Å². The van der Waals surface area contributed by atoms with Crippen LogP contribution in [-0.4, -0.2) is 35.2 Å². The second kappa shape index (κ2) is 8.76. The number of aromatic nitrogens is 4. The molecule has 0 bridgehead atoms. The molecule has 2 heterocycles. The van der Waals surface area contributed by atoms with Gasteiger partial charge in [-0.3, -0.25) is 4.68 Å². The van der Waals surface area contributed by atoms with Crippen molar-refractivity contribution in [2.75, 3.05) is 12.4 Å². The number of anilines is 1. The van der Waals surface area contributed by atoms with Crippen LogP contribution in [0.5, 0.6) is 0 Å². The number of hydrogen-bond acceptors (Lipinski definition) is 6. The molecule has 3 aromatic rings. The first-order valence-electron chi connectivity index (χ1n) is 10.6. The molecule has 2 N–H and O–H groups in total. The smallest absolute Gasteiger partial charge is 0.244 e. The lowest BCUT2D eigenvalue weighted by atomic mass is 10.0. The van der Waals surface area contributed by atoms with E-state index in [1.165, 1.54) is 0 Å². The fourth-order valence-corrected chi connectivity index (χ4v) is 4.98. The molecule has 1 unspecified atom stereocenters. The summed E-state index contributed by atoms with van der Waals surface area (Å²) in [4.78, 5) is 9.51. The predicted molar refractivity (Wildman–Crippen MR) is 119 cm³/mol. The molecule has 0 spiro atoms. The van der Waals surface area contributed by atoms with E-state index in [1.54, 1.807) is 17.8 Å². The van der Waals surface area contributed by atoms with E-state index in [0.29, 0.717) is 24.6 Å². The van der Waals surface area contributed by atoms with Crippen LogP contribution in [0.3, 0.4) is 0 Å². The Morgan fingerprint density at radius 2 is 1.94 bits per heavy atom. The minimum Gasteiger partial charge on any atom is -0.373 e. The van der Waals surface area contributed by atoms with E-state index in [2.05, 4.69) is 20.1 Å². The van der Waals surface area contributed by atoms with Crippen molar-refractivity contribution in [2.45, 2.75) is 56.5 Å². The first-order chi connectivity index (χ1) is 14.9. The monoisotopic (exact) mass is 440 g/mol. The molecule has 9 heteroatoms. The highest BCUT2D eigenvalue weighted by atomic mass is 32.2. The van der Waals surface area contributed by atoms with Crippen molar-refractivity contribution in [3.8, 4) is 0 Å². The molecule has 2 aromatic heterocycles. The summed E-state index contributed by atoms with van der Waals surface area (Å²) in [6.07, 6.45) is 4.19. The van der Waals surface area contributed by atoms with Crippen LogP contribution in [0.2, 0.25) is 0 Å². The highest BCUT2D eigenvalue weighted by Crippen LogP contribution is 2.38. The zero-order chi connectivity index (χ0) is 22.0. The van der Waals surface area contributed by atoms with Crippen molar-refractivity contribution < 1.29 is 8.42 Å². The molecule has 31 heavy (non-hydrogen) atoms. The molecule has 0 aliphatic heterocycles. The van der Waals surface area contributed by atoms with Gasteiger partial charge in [-0.25, -0.2) is 23.1 Å². The summed E-state index contributed by atoms with van der Waals surface area (Å²) in [5, 5.41) is 7.38. The number of rotatable bonds is 9. The van der Waals surface area contributed by atoms with Crippen LogP contribution in [0.25, 0.3) is 0 Å². The largest absolute Gasteiger partial charge is 0.373 e. The maximum absolute atomic E-state index is 13.3. The molecule has 1 aliphatic carbocycles. The van der Waals surface area contributed by atoms with Crippen molar-refractivity contribution in [1.29, 1.82) is 0 Å². The summed E-state index contributed by atoms with van der Waals surface area (Å²) in [7, 11) is -1.94. The van der Waals surface area contributed by atoms with Gasteiger partial charge in [0.2, 0.25) is 10.0 Å². The predicted octanol–water partition coefficient (Wildman–Crippen LogP) is 3.18. The number of aryl methyl sites for hydroxylation is 2. The van der Waals surface area contributed by atoms with Gasteiger partial charge in [-0.2, -0.15) is 5.10 Å². The maximum Gasteiger partial charge on any atom is 0.244 e. The topological polar surface area (TPSA) is 102 Å². The molecule has 1 aromatic carbocycles. The summed E-state index contributed by atoms with van der Waals surface area (Å²) in [5.74, 6) is 1.99. The Labute approximate surface area is 183 Å². The lowest BCUT2D eigenvalue weighted by Crippen LogP contribution is -2.30. The van der Waals surface area contributed by atoms with Crippen molar-refractivity contribution >= 4 is 15.8 Å². The Morgan fingerprint density at radius 3 is 2.55 bits per heavy atom. The zero-order valence-electron chi connectivity index (χ0n) is 18.0. The molecule has 1 aliphatic rings. The lowest BCUT2D eigenvalue weighted by Gasteiger charge is -2.19. The Balaban J connectivity index is 1.67. The van der Waals surface area contributed by atoms with Gasteiger partial charge >= 0.3 is 0 Å². The first kappa shape index (κ1) is 21.5. The maximum atomic E-state index is 13.3. The van der Waals surface area contributed by atoms with Gasteiger partial charge in [0.05, 0.1) is 11.7 Å². The van der Waals surface area contributed by atoms with Gasteiger partial charge < -0.3 is 5.32 Å². The Bertz CT molecular complexity index is 1160. The SMILES string of the molecule is CCn1cc(S(=O)(=O)NC(Cc2cc(NC)nc(C3CC3)n2)c2ccccc2)c(C)n1. The van der Waals surface area contributed by atoms with Gasteiger partial charge in [-0.15, -0.1) is 0 Å². The highest BCUT2D eigenvalue weighted by molar-refractivity contribution is 7.89. The van der Waals surface area contributed by atoms with Crippen LogP contribution in [0.1, 0.15) is 54.5 Å². The molecule has 1 atom stereocenters. The van der Waals surface area contributed by atoms with Crippen LogP contribution in [0.15, 0.2) is 47.5 Å². The van der Waals surface area contributed by atoms with Gasteiger partial charge in [0.15, 0.2) is 0 Å². The average molecular weight is 441 g/mol. The van der Waals surface area contributed by atoms with Crippen LogP contribution in [0.4, 0.5) is 5.82 Å². The van der Waals surface area contributed by atoms with Gasteiger partial charge in [-0.1, -0.05) is 30.3 Å². The third-order valence-corrected chi connectivity index (χ3v) is 7.00. The minimum atomic E-state index is -3.77. The van der Waals surface area contributed by atoms with E-state index in [1.807, 2.05) is 50.4 Å². The van der Waals surface area contributed by atoms with Gasteiger partial charge in [0.25, 0.3) is 0 Å². The average Bonchev–Trinajstić information content (AvgIpc) is 3.55. The van der Waals surface area contributed by atoms with Crippen LogP contribution in [0, 0.1) is 6.92 Å². The fraction of sp³-hybridized carbons (Fsp3) is 0.409. The van der Waals surface area contributed by atoms with Gasteiger partial charge in [0, 0.05) is 43.9 Å². The molecule has 0 saturated heterocycles. The van der Waals surface area contributed by atoms with Crippen molar-refractivity contribution in [2.24, 2.45) is 0 Å². The molecule has 8 nitrogen and oxygen atoms in total. The molecule has 4 rings (SSSR count). The van der Waals surface area contributed by atoms with E-state index < -0.39 is 16.1 Å². The Hall–Kier alpha value is -2.78. The number of benzene rings is 1. The Morgan fingerprint density at radius 1 is 1.19 bits per heavy atom. The number of sulfonamides is 1. The van der Waals surface area contributed by atoms with Crippen LogP contribution >= 0.6 is 0 Å².